The van der Waals surface area contributed by atoms with Gasteiger partial charge in [-0.2, -0.15) is 0 Å². The minimum absolute atomic E-state index is 0.00364. The summed E-state index contributed by atoms with van der Waals surface area (Å²) in [5.74, 6) is 0.854. The molecule has 28 heavy (non-hydrogen) atoms. The Kier molecular flexibility index (Phi) is 5.28. The topological polar surface area (TPSA) is 65.5 Å². The third-order valence-electron chi connectivity index (χ3n) is 5.66. The number of aromatic nitrogens is 1. The zero-order valence-electron chi connectivity index (χ0n) is 16.2. The SMILES string of the molecule is CC(=O)N1CCc2ccccc2C1CC(=O)Nc1ccc(N2CCCC2)nc1. The maximum atomic E-state index is 12.7. The molecule has 1 saturated heterocycles. The van der Waals surface area contributed by atoms with Crippen LogP contribution in [0.2, 0.25) is 0 Å². The Bertz CT molecular complexity index is 859. The van der Waals surface area contributed by atoms with Gasteiger partial charge in [0.2, 0.25) is 11.8 Å². The van der Waals surface area contributed by atoms with E-state index in [2.05, 4.69) is 21.3 Å². The molecule has 6 heteroatoms. The van der Waals surface area contributed by atoms with E-state index in [0.29, 0.717) is 12.2 Å². The van der Waals surface area contributed by atoms with Gasteiger partial charge in [-0.3, -0.25) is 9.59 Å². The van der Waals surface area contributed by atoms with E-state index in [1.807, 2.05) is 30.3 Å². The van der Waals surface area contributed by atoms with Crippen molar-refractivity contribution in [2.24, 2.45) is 0 Å². The van der Waals surface area contributed by atoms with Crippen molar-refractivity contribution in [3.63, 3.8) is 0 Å². The summed E-state index contributed by atoms with van der Waals surface area (Å²) in [6.07, 6.45) is 5.19. The fourth-order valence-electron chi connectivity index (χ4n) is 4.23. The van der Waals surface area contributed by atoms with E-state index in [0.717, 1.165) is 30.9 Å². The molecule has 0 bridgehead atoms. The van der Waals surface area contributed by atoms with Gasteiger partial charge in [0, 0.05) is 26.6 Å². The van der Waals surface area contributed by atoms with Gasteiger partial charge in [-0.25, -0.2) is 4.98 Å². The molecule has 6 nitrogen and oxygen atoms in total. The quantitative estimate of drug-likeness (QED) is 0.888. The molecule has 3 heterocycles. The van der Waals surface area contributed by atoms with Crippen molar-refractivity contribution < 1.29 is 9.59 Å². The van der Waals surface area contributed by atoms with Crippen molar-refractivity contribution in [3.8, 4) is 0 Å². The van der Waals surface area contributed by atoms with Crippen LogP contribution in [-0.4, -0.2) is 41.3 Å². The van der Waals surface area contributed by atoms with E-state index in [1.165, 1.54) is 18.4 Å². The van der Waals surface area contributed by atoms with Gasteiger partial charge in [-0.15, -0.1) is 0 Å². The molecule has 1 fully saturated rings. The highest BCUT2D eigenvalue weighted by Crippen LogP contribution is 2.32. The number of carbonyl (C=O) groups excluding carboxylic acids is 2. The summed E-state index contributed by atoms with van der Waals surface area (Å²) in [5, 5.41) is 2.94. The van der Waals surface area contributed by atoms with E-state index in [-0.39, 0.29) is 24.3 Å². The molecular formula is C22H26N4O2. The first-order chi connectivity index (χ1) is 13.6. The smallest absolute Gasteiger partial charge is 0.226 e. The van der Waals surface area contributed by atoms with E-state index >= 15 is 0 Å². The Morgan fingerprint density at radius 2 is 1.89 bits per heavy atom. The molecule has 0 radical (unpaired) electrons. The number of carbonyl (C=O) groups is 2. The van der Waals surface area contributed by atoms with Gasteiger partial charge in [0.25, 0.3) is 0 Å². The largest absolute Gasteiger partial charge is 0.357 e. The van der Waals surface area contributed by atoms with Crippen molar-refractivity contribution in [1.29, 1.82) is 0 Å². The number of rotatable bonds is 4. The molecule has 2 aliphatic rings. The third kappa shape index (κ3) is 3.86. The first kappa shape index (κ1) is 18.5. The Morgan fingerprint density at radius 1 is 1.11 bits per heavy atom. The van der Waals surface area contributed by atoms with E-state index in [4.69, 9.17) is 0 Å². The highest BCUT2D eigenvalue weighted by molar-refractivity contribution is 5.91. The average molecular weight is 378 g/mol. The minimum atomic E-state index is -0.223. The van der Waals surface area contributed by atoms with Crippen LogP contribution in [0.25, 0.3) is 0 Å². The second-order valence-corrected chi connectivity index (χ2v) is 7.53. The first-order valence-corrected chi connectivity index (χ1v) is 9.97. The summed E-state index contributed by atoms with van der Waals surface area (Å²) in [6.45, 7) is 4.30. The summed E-state index contributed by atoms with van der Waals surface area (Å²) in [5.41, 5.74) is 2.97. The number of fused-ring (bicyclic) bond motifs is 1. The molecule has 1 aromatic heterocycles. The van der Waals surface area contributed by atoms with Gasteiger partial charge in [-0.05, 0) is 42.5 Å². The molecule has 146 valence electrons. The summed E-state index contributed by atoms with van der Waals surface area (Å²) < 4.78 is 0. The number of anilines is 2. The molecule has 1 unspecified atom stereocenters. The highest BCUT2D eigenvalue weighted by atomic mass is 16.2. The van der Waals surface area contributed by atoms with E-state index in [9.17, 15) is 9.59 Å². The van der Waals surface area contributed by atoms with Crippen LogP contribution >= 0.6 is 0 Å². The van der Waals surface area contributed by atoms with Crippen molar-refractivity contribution in [2.45, 2.75) is 38.6 Å². The molecule has 2 amide bonds. The van der Waals surface area contributed by atoms with Gasteiger partial charge in [0.05, 0.1) is 24.3 Å². The van der Waals surface area contributed by atoms with Crippen molar-refractivity contribution >= 4 is 23.3 Å². The third-order valence-corrected chi connectivity index (χ3v) is 5.66. The minimum Gasteiger partial charge on any atom is -0.357 e. The van der Waals surface area contributed by atoms with Crippen LogP contribution in [0.15, 0.2) is 42.6 Å². The fourth-order valence-corrected chi connectivity index (χ4v) is 4.23. The Morgan fingerprint density at radius 3 is 2.61 bits per heavy atom. The predicted molar refractivity (Wildman–Crippen MR) is 109 cm³/mol. The van der Waals surface area contributed by atoms with Crippen LogP contribution in [0.5, 0.6) is 0 Å². The molecular weight excluding hydrogens is 352 g/mol. The van der Waals surface area contributed by atoms with Crippen LogP contribution in [0.1, 0.15) is 43.4 Å². The van der Waals surface area contributed by atoms with Gasteiger partial charge in [0.1, 0.15) is 5.82 Å². The lowest BCUT2D eigenvalue weighted by Crippen LogP contribution is -2.40. The fraction of sp³-hybridized carbons (Fsp3) is 0.409. The maximum Gasteiger partial charge on any atom is 0.226 e. The zero-order chi connectivity index (χ0) is 19.5. The number of hydrogen-bond donors (Lipinski definition) is 1. The Balaban J connectivity index is 1.45. The summed E-state index contributed by atoms with van der Waals surface area (Å²) in [4.78, 5) is 33.4. The van der Waals surface area contributed by atoms with Crippen LogP contribution in [0.4, 0.5) is 11.5 Å². The van der Waals surface area contributed by atoms with Gasteiger partial charge in [0.15, 0.2) is 0 Å². The van der Waals surface area contributed by atoms with Crippen LogP contribution in [-0.2, 0) is 16.0 Å². The number of nitrogens with zero attached hydrogens (tertiary/aromatic N) is 3. The van der Waals surface area contributed by atoms with Crippen LogP contribution in [0, 0.1) is 0 Å². The number of hydrogen-bond acceptors (Lipinski definition) is 4. The summed E-state index contributed by atoms with van der Waals surface area (Å²) in [6, 6.07) is 11.7. The molecule has 1 aromatic carbocycles. The molecule has 1 N–H and O–H groups in total. The zero-order valence-corrected chi connectivity index (χ0v) is 16.2. The lowest BCUT2D eigenvalue weighted by atomic mass is 9.90. The molecule has 0 aliphatic carbocycles. The van der Waals surface area contributed by atoms with E-state index in [1.54, 1.807) is 18.0 Å². The standard InChI is InChI=1S/C22H26N4O2/c1-16(27)26-13-10-17-6-2-3-7-19(17)20(26)14-22(28)24-18-8-9-21(23-15-18)25-11-4-5-12-25/h2-3,6-9,15,20H,4-5,10-14H2,1H3,(H,24,28). The molecule has 0 spiro atoms. The molecule has 2 aromatic rings. The van der Waals surface area contributed by atoms with Crippen molar-refractivity contribution in [1.82, 2.24) is 9.88 Å². The molecule has 0 saturated carbocycles. The second kappa shape index (κ2) is 8.00. The van der Waals surface area contributed by atoms with Gasteiger partial charge >= 0.3 is 0 Å². The van der Waals surface area contributed by atoms with Crippen LogP contribution in [0.3, 0.4) is 0 Å². The lowest BCUT2D eigenvalue weighted by Gasteiger charge is -2.36. The number of pyridine rings is 1. The predicted octanol–water partition coefficient (Wildman–Crippen LogP) is 3.16. The van der Waals surface area contributed by atoms with E-state index < -0.39 is 0 Å². The molecule has 2 aliphatic heterocycles. The first-order valence-electron chi connectivity index (χ1n) is 9.97. The van der Waals surface area contributed by atoms with Crippen molar-refractivity contribution in [3.05, 3.63) is 53.7 Å². The van der Waals surface area contributed by atoms with Crippen molar-refractivity contribution in [2.75, 3.05) is 29.9 Å². The van der Waals surface area contributed by atoms with Gasteiger partial charge in [-0.1, -0.05) is 24.3 Å². The van der Waals surface area contributed by atoms with Crippen LogP contribution < -0.4 is 10.2 Å². The summed E-state index contributed by atoms with van der Waals surface area (Å²) in [7, 11) is 0. The number of benzene rings is 1. The monoisotopic (exact) mass is 378 g/mol. The Hall–Kier alpha value is -2.89. The molecule has 1 atom stereocenters. The average Bonchev–Trinajstić information content (AvgIpc) is 3.23. The molecule has 4 rings (SSSR count). The normalized spacial score (nSPS) is 18.7. The lowest BCUT2D eigenvalue weighted by molar-refractivity contribution is -0.132. The van der Waals surface area contributed by atoms with Gasteiger partial charge < -0.3 is 15.1 Å². The number of nitrogens with one attached hydrogen (secondary N) is 1. The Labute approximate surface area is 165 Å². The highest BCUT2D eigenvalue weighted by Gasteiger charge is 2.30. The summed E-state index contributed by atoms with van der Waals surface area (Å²) >= 11 is 0. The number of amides is 2. The maximum absolute atomic E-state index is 12.7. The second-order valence-electron chi connectivity index (χ2n) is 7.53.